The van der Waals surface area contributed by atoms with Gasteiger partial charge in [-0.25, -0.2) is 9.59 Å². The molecule has 4 N–H and O–H groups in total. The molecule has 0 aromatic heterocycles. The first kappa shape index (κ1) is 37.5. The highest BCUT2D eigenvalue weighted by molar-refractivity contribution is 7.98. The fourth-order valence-electron chi connectivity index (χ4n) is 4.44. The molecule has 3 rings (SSSR count). The number of alkyl carbamates (subject to hydrolysis) is 1. The molecular weight excluding hydrogens is 635 g/mol. The van der Waals surface area contributed by atoms with Crippen molar-refractivity contribution < 1.29 is 29.0 Å². The third-order valence-corrected chi connectivity index (χ3v) is 9.79. The molecule has 0 saturated heterocycles. The van der Waals surface area contributed by atoms with Crippen LogP contribution in [0.2, 0.25) is 0 Å². The van der Waals surface area contributed by atoms with Crippen LogP contribution in [0.15, 0.2) is 91.0 Å². The quantitative estimate of drug-likeness (QED) is 0.106. The topological polar surface area (TPSA) is 134 Å². The molecule has 9 nitrogen and oxygen atoms in total. The van der Waals surface area contributed by atoms with Gasteiger partial charge in [-0.3, -0.25) is 9.59 Å². The summed E-state index contributed by atoms with van der Waals surface area (Å²) in [6, 6.07) is 27.1. The number of nitrogens with one attached hydrogen (secondary N) is 3. The molecule has 0 saturated carbocycles. The minimum atomic E-state index is -1.16. The SMILES string of the molecule is CC(C)(CSCc1ccccc1)C(=O)N[C@@H](CSCc1ccccc1)C(=O)N[C@@H](CCCCNC(=O)OCc1ccccc1)C(=O)O. The number of amides is 3. The summed E-state index contributed by atoms with van der Waals surface area (Å²) in [6.07, 6.45) is 0.565. The van der Waals surface area contributed by atoms with Gasteiger partial charge in [0.05, 0.1) is 5.41 Å². The van der Waals surface area contributed by atoms with E-state index in [0.717, 1.165) is 16.9 Å². The Balaban J connectivity index is 1.50. The second-order valence-corrected chi connectivity index (χ2v) is 13.8. The zero-order valence-electron chi connectivity index (χ0n) is 27.0. The van der Waals surface area contributed by atoms with Crippen LogP contribution >= 0.6 is 23.5 Å². The molecule has 3 aromatic carbocycles. The third kappa shape index (κ3) is 14.6. The number of unbranched alkanes of at least 4 members (excludes halogenated alkanes) is 1. The van der Waals surface area contributed by atoms with Gasteiger partial charge in [0, 0.05) is 29.6 Å². The summed E-state index contributed by atoms with van der Waals surface area (Å²) in [7, 11) is 0. The molecule has 0 bridgehead atoms. The molecule has 0 aliphatic heterocycles. The second kappa shape index (κ2) is 20.3. The molecule has 0 unspecified atom stereocenters. The Morgan fingerprint density at radius 3 is 1.87 bits per heavy atom. The van der Waals surface area contributed by atoms with Gasteiger partial charge in [-0.05, 0) is 36.0 Å². The average Bonchev–Trinajstić information content (AvgIpc) is 3.07. The molecule has 0 fully saturated rings. The molecule has 47 heavy (non-hydrogen) atoms. The lowest BCUT2D eigenvalue weighted by atomic mass is 9.95. The molecule has 2 atom stereocenters. The zero-order valence-corrected chi connectivity index (χ0v) is 28.6. The second-order valence-electron chi connectivity index (χ2n) is 11.8. The zero-order chi connectivity index (χ0) is 33.9. The first-order valence-corrected chi connectivity index (χ1v) is 18.0. The standard InChI is InChI=1S/C36H45N3O6S2/c1-36(2,26-47-24-29-18-10-5-11-19-29)34(43)39-31(25-46-23-28-16-8-4-9-17-28)32(40)38-30(33(41)42)20-12-13-21-37-35(44)45-22-27-14-6-3-7-15-27/h3-11,14-19,30-31H,12-13,20-26H2,1-2H3,(H,37,44)(H,38,40)(H,39,43)(H,41,42)/t30-,31-/m0/s1. The summed E-state index contributed by atoms with van der Waals surface area (Å²) < 4.78 is 5.19. The number of thioether (sulfide) groups is 2. The normalized spacial score (nSPS) is 12.4. The van der Waals surface area contributed by atoms with E-state index in [4.69, 9.17) is 4.74 Å². The van der Waals surface area contributed by atoms with Crippen molar-refractivity contribution in [1.29, 1.82) is 0 Å². The van der Waals surface area contributed by atoms with Crippen LogP contribution in [0.25, 0.3) is 0 Å². The van der Waals surface area contributed by atoms with Crippen LogP contribution in [0.1, 0.15) is 49.8 Å². The summed E-state index contributed by atoms with van der Waals surface area (Å²) in [4.78, 5) is 50.9. The van der Waals surface area contributed by atoms with E-state index < -0.39 is 35.5 Å². The number of hydrogen-bond donors (Lipinski definition) is 4. The van der Waals surface area contributed by atoms with E-state index in [9.17, 15) is 24.3 Å². The molecule has 3 aromatic rings. The van der Waals surface area contributed by atoms with Crippen molar-refractivity contribution in [2.45, 2.75) is 63.3 Å². The van der Waals surface area contributed by atoms with Gasteiger partial charge >= 0.3 is 12.1 Å². The van der Waals surface area contributed by atoms with Crippen molar-refractivity contribution in [2.24, 2.45) is 5.41 Å². The first-order chi connectivity index (χ1) is 22.6. The van der Waals surface area contributed by atoms with Crippen molar-refractivity contribution >= 4 is 47.4 Å². The summed E-state index contributed by atoms with van der Waals surface area (Å²) in [5.41, 5.74) is 2.37. The molecule has 252 valence electrons. The van der Waals surface area contributed by atoms with Crippen LogP contribution < -0.4 is 16.0 Å². The molecule has 11 heteroatoms. The molecule has 0 heterocycles. The highest BCUT2D eigenvalue weighted by Crippen LogP contribution is 2.25. The van der Waals surface area contributed by atoms with Crippen LogP contribution in [-0.4, -0.2) is 59.1 Å². The summed E-state index contributed by atoms with van der Waals surface area (Å²) in [6.45, 7) is 4.15. The number of carboxylic acid groups (broad SMARTS) is 1. The Hall–Kier alpha value is -3.96. The number of aliphatic carboxylic acids is 1. The van der Waals surface area contributed by atoms with E-state index >= 15 is 0 Å². The maximum Gasteiger partial charge on any atom is 0.407 e. The lowest BCUT2D eigenvalue weighted by molar-refractivity contribution is -0.142. The number of carbonyl (C=O) groups is 4. The van der Waals surface area contributed by atoms with E-state index in [2.05, 4.69) is 16.0 Å². The molecule has 0 radical (unpaired) electrons. The number of carbonyl (C=O) groups excluding carboxylic acids is 3. The number of hydrogen-bond acceptors (Lipinski definition) is 7. The van der Waals surface area contributed by atoms with Crippen LogP contribution in [0.5, 0.6) is 0 Å². The summed E-state index contributed by atoms with van der Waals surface area (Å²) in [5.74, 6) is 0.260. The Morgan fingerprint density at radius 1 is 0.745 bits per heavy atom. The minimum absolute atomic E-state index is 0.158. The Morgan fingerprint density at radius 2 is 1.30 bits per heavy atom. The average molecular weight is 680 g/mol. The smallest absolute Gasteiger partial charge is 0.407 e. The number of ether oxygens (including phenoxy) is 1. The predicted octanol–water partition coefficient (Wildman–Crippen LogP) is 6.03. The lowest BCUT2D eigenvalue weighted by Gasteiger charge is -2.27. The van der Waals surface area contributed by atoms with Gasteiger partial charge in [-0.2, -0.15) is 23.5 Å². The fraction of sp³-hybridized carbons (Fsp3) is 0.389. The Kier molecular flexibility index (Phi) is 16.2. The van der Waals surface area contributed by atoms with Crippen molar-refractivity contribution in [1.82, 2.24) is 16.0 Å². The Bertz CT molecular complexity index is 1390. The fourth-order valence-corrected chi connectivity index (χ4v) is 6.62. The monoisotopic (exact) mass is 679 g/mol. The van der Waals surface area contributed by atoms with Crippen LogP contribution in [0, 0.1) is 5.41 Å². The van der Waals surface area contributed by atoms with Crippen molar-refractivity contribution in [3.63, 3.8) is 0 Å². The van der Waals surface area contributed by atoms with E-state index in [1.54, 1.807) is 11.8 Å². The van der Waals surface area contributed by atoms with Gasteiger partial charge in [0.15, 0.2) is 0 Å². The maximum atomic E-state index is 13.4. The third-order valence-electron chi connectivity index (χ3n) is 7.22. The number of rotatable bonds is 20. The van der Waals surface area contributed by atoms with E-state index in [1.807, 2.05) is 105 Å². The van der Waals surface area contributed by atoms with Crippen LogP contribution in [0.4, 0.5) is 4.79 Å². The van der Waals surface area contributed by atoms with Crippen LogP contribution in [0.3, 0.4) is 0 Å². The van der Waals surface area contributed by atoms with E-state index in [-0.39, 0.29) is 24.7 Å². The van der Waals surface area contributed by atoms with Gasteiger partial charge < -0.3 is 25.8 Å². The summed E-state index contributed by atoms with van der Waals surface area (Å²) >= 11 is 3.14. The van der Waals surface area contributed by atoms with Crippen molar-refractivity contribution in [2.75, 3.05) is 18.1 Å². The van der Waals surface area contributed by atoms with Crippen LogP contribution in [-0.2, 0) is 37.2 Å². The first-order valence-electron chi connectivity index (χ1n) is 15.7. The highest BCUT2D eigenvalue weighted by atomic mass is 32.2. The van der Waals surface area contributed by atoms with E-state index in [0.29, 0.717) is 30.9 Å². The summed E-state index contributed by atoms with van der Waals surface area (Å²) in [5, 5.41) is 18.1. The van der Waals surface area contributed by atoms with Gasteiger partial charge in [0.2, 0.25) is 11.8 Å². The van der Waals surface area contributed by atoms with Crippen molar-refractivity contribution in [3.8, 4) is 0 Å². The minimum Gasteiger partial charge on any atom is -0.480 e. The number of benzene rings is 3. The molecule has 0 aliphatic carbocycles. The van der Waals surface area contributed by atoms with Crippen molar-refractivity contribution in [3.05, 3.63) is 108 Å². The molecule has 0 spiro atoms. The Labute approximate surface area is 286 Å². The van der Waals surface area contributed by atoms with Gasteiger partial charge in [-0.1, -0.05) is 105 Å². The number of carboxylic acids is 1. The highest BCUT2D eigenvalue weighted by Gasteiger charge is 2.33. The van der Waals surface area contributed by atoms with Gasteiger partial charge in [0.1, 0.15) is 18.7 Å². The molecular formula is C36H45N3O6S2. The largest absolute Gasteiger partial charge is 0.480 e. The van der Waals surface area contributed by atoms with Gasteiger partial charge in [-0.15, -0.1) is 0 Å². The lowest BCUT2D eigenvalue weighted by Crippen LogP contribution is -2.55. The van der Waals surface area contributed by atoms with E-state index in [1.165, 1.54) is 17.3 Å². The maximum absolute atomic E-state index is 13.4. The molecule has 3 amide bonds. The van der Waals surface area contributed by atoms with Gasteiger partial charge in [0.25, 0.3) is 0 Å². The predicted molar refractivity (Wildman–Crippen MR) is 189 cm³/mol. The molecule has 0 aliphatic rings.